The maximum Gasteiger partial charge on any atom is 0.322 e. The van der Waals surface area contributed by atoms with E-state index in [1.54, 1.807) is 0 Å². The molecule has 0 saturated heterocycles. The Balaban J connectivity index is 4.00. The Bertz CT molecular complexity index is 977. The third-order valence-corrected chi connectivity index (χ3v) is 7.23. The van der Waals surface area contributed by atoms with Crippen LogP contribution in [0.1, 0.15) is 69.2 Å². The Kier molecular flexibility index (Phi) is 13.2. The summed E-state index contributed by atoms with van der Waals surface area (Å²) in [6.45, 7) is 14.8. The Morgan fingerprint density at radius 1 is 0.405 bits per heavy atom. The van der Waals surface area contributed by atoms with E-state index in [-0.39, 0.29) is 0 Å². The standard InChI is InChI=1S/C26H37Br5O11/c1-22(2,27)17(33)38-12-11(32)13(39-18(34)23(3,4)28)15(41-20(36)25(7,8)30)16(42-21(37)26(9,10)31)14(12)40-19(35)24(5,6)29/h11-16,32H,1-10H3/t11?,12-,13+,14+,15-,16?. The molecule has 11 nitrogen and oxygen atoms in total. The second-order valence-electron chi connectivity index (χ2n) is 12.2. The number of aliphatic hydroxyl groups is 1. The van der Waals surface area contributed by atoms with Gasteiger partial charge in [0.2, 0.25) is 0 Å². The van der Waals surface area contributed by atoms with Crippen molar-refractivity contribution in [1.29, 1.82) is 0 Å². The summed E-state index contributed by atoms with van der Waals surface area (Å²) in [6.07, 6.45) is -10.6. The zero-order valence-electron chi connectivity index (χ0n) is 24.9. The van der Waals surface area contributed by atoms with E-state index >= 15 is 0 Å². The summed E-state index contributed by atoms with van der Waals surface area (Å²) in [7, 11) is 0. The van der Waals surface area contributed by atoms with Crippen molar-refractivity contribution in [3.8, 4) is 0 Å². The molecule has 0 aromatic rings. The molecule has 1 rings (SSSR count). The first-order chi connectivity index (χ1) is 18.5. The minimum absolute atomic E-state index is 0.888. The lowest BCUT2D eigenvalue weighted by Gasteiger charge is -2.47. The molecule has 0 aliphatic heterocycles. The molecule has 2 unspecified atom stereocenters. The second-order valence-corrected chi connectivity index (χ2v) is 22.1. The number of alkyl halides is 5. The molecule has 0 bridgehead atoms. The molecule has 1 aliphatic rings. The molecule has 1 fully saturated rings. The summed E-state index contributed by atoms with van der Waals surface area (Å²) < 4.78 is 22.1. The largest absolute Gasteiger partial charge is 0.454 e. The Labute approximate surface area is 287 Å². The van der Waals surface area contributed by atoms with Crippen LogP contribution in [0.5, 0.6) is 0 Å². The van der Waals surface area contributed by atoms with Gasteiger partial charge in [0.25, 0.3) is 0 Å². The highest BCUT2D eigenvalue weighted by atomic mass is 79.9. The summed E-state index contributed by atoms with van der Waals surface area (Å²) in [5.74, 6) is -4.44. The number of esters is 5. The predicted molar refractivity (Wildman–Crippen MR) is 170 cm³/mol. The van der Waals surface area contributed by atoms with E-state index < -0.39 is 88.1 Å². The zero-order chi connectivity index (χ0) is 33.4. The molecule has 1 saturated carbocycles. The van der Waals surface area contributed by atoms with Crippen LogP contribution < -0.4 is 0 Å². The van der Waals surface area contributed by atoms with Crippen LogP contribution in [0.25, 0.3) is 0 Å². The van der Waals surface area contributed by atoms with E-state index in [1.165, 1.54) is 69.2 Å². The number of carbonyl (C=O) groups excluding carboxylic acids is 5. The zero-order valence-corrected chi connectivity index (χ0v) is 32.8. The number of rotatable bonds is 10. The molecule has 0 heterocycles. The fraction of sp³-hybridized carbons (Fsp3) is 0.808. The topological polar surface area (TPSA) is 152 Å². The average molecular weight is 925 g/mol. The molecule has 0 aromatic carbocycles. The Morgan fingerprint density at radius 3 is 0.714 bits per heavy atom. The van der Waals surface area contributed by atoms with Gasteiger partial charge in [-0.25, -0.2) is 0 Å². The fourth-order valence-corrected chi connectivity index (χ4v) is 3.60. The SMILES string of the molecule is CC(C)(Br)C(=O)OC1[C@@H](OC(=O)C(C)(C)Br)[C@H](OC(=O)C(C)(C)Br)C(O)[C@H](OC(=O)C(C)(C)Br)[C@H]1OC(=O)C(C)(C)Br. The van der Waals surface area contributed by atoms with Crippen molar-refractivity contribution in [2.24, 2.45) is 0 Å². The molecule has 6 atom stereocenters. The van der Waals surface area contributed by atoms with Gasteiger partial charge in [0.05, 0.1) is 0 Å². The van der Waals surface area contributed by atoms with Gasteiger partial charge in [-0.1, -0.05) is 79.6 Å². The lowest BCUT2D eigenvalue weighted by atomic mass is 9.83. The van der Waals surface area contributed by atoms with Crippen LogP contribution in [0.15, 0.2) is 0 Å². The van der Waals surface area contributed by atoms with Crippen molar-refractivity contribution in [2.75, 3.05) is 0 Å². The van der Waals surface area contributed by atoms with E-state index in [1.807, 2.05) is 0 Å². The number of hydrogen-bond acceptors (Lipinski definition) is 11. The van der Waals surface area contributed by atoms with Crippen LogP contribution in [0, 0.1) is 0 Å². The maximum atomic E-state index is 13.2. The fourth-order valence-electron chi connectivity index (χ4n) is 3.13. The molecule has 0 spiro atoms. The number of hydrogen-bond donors (Lipinski definition) is 1. The molecule has 1 N–H and O–H groups in total. The molecule has 42 heavy (non-hydrogen) atoms. The summed E-state index contributed by atoms with van der Waals surface area (Å²) in [4.78, 5) is 65.5. The number of carbonyl (C=O) groups is 5. The van der Waals surface area contributed by atoms with Gasteiger partial charge >= 0.3 is 29.8 Å². The maximum absolute atomic E-state index is 13.2. The molecular formula is C26H37Br5O11. The minimum atomic E-state index is -1.93. The first-order valence-electron chi connectivity index (χ1n) is 12.7. The Morgan fingerprint density at radius 2 is 0.548 bits per heavy atom. The highest BCUT2D eigenvalue weighted by Crippen LogP contribution is 2.38. The highest BCUT2D eigenvalue weighted by Gasteiger charge is 2.61. The molecule has 0 radical (unpaired) electrons. The summed E-state index contributed by atoms with van der Waals surface area (Å²) in [5.41, 5.74) is 0. The van der Waals surface area contributed by atoms with Crippen LogP contribution >= 0.6 is 79.6 Å². The number of aliphatic hydroxyl groups excluding tert-OH is 1. The van der Waals surface area contributed by atoms with Gasteiger partial charge in [0.15, 0.2) is 30.5 Å². The molecule has 242 valence electrons. The van der Waals surface area contributed by atoms with Crippen molar-refractivity contribution in [2.45, 2.75) is 127 Å². The first-order valence-corrected chi connectivity index (χ1v) is 16.6. The van der Waals surface area contributed by atoms with E-state index in [9.17, 15) is 29.1 Å². The minimum Gasteiger partial charge on any atom is -0.454 e. The average Bonchev–Trinajstić information content (AvgIpc) is 2.77. The lowest BCUT2D eigenvalue weighted by Crippen LogP contribution is -2.69. The predicted octanol–water partition coefficient (Wildman–Crippen LogP) is 4.79. The lowest BCUT2D eigenvalue weighted by molar-refractivity contribution is -0.259. The van der Waals surface area contributed by atoms with Crippen molar-refractivity contribution in [3.63, 3.8) is 0 Å². The van der Waals surface area contributed by atoms with Crippen LogP contribution in [0.3, 0.4) is 0 Å². The smallest absolute Gasteiger partial charge is 0.322 e. The van der Waals surface area contributed by atoms with Crippen molar-refractivity contribution < 1.29 is 52.8 Å². The van der Waals surface area contributed by atoms with Gasteiger partial charge < -0.3 is 28.8 Å². The van der Waals surface area contributed by atoms with Gasteiger partial charge in [-0.05, 0) is 69.2 Å². The second kappa shape index (κ2) is 14.0. The van der Waals surface area contributed by atoms with Crippen LogP contribution in [0.2, 0.25) is 0 Å². The van der Waals surface area contributed by atoms with E-state index in [4.69, 9.17) is 23.7 Å². The third-order valence-electron chi connectivity index (χ3n) is 5.61. The third kappa shape index (κ3) is 11.0. The molecular weight excluding hydrogens is 888 g/mol. The quantitative estimate of drug-likeness (QED) is 0.183. The van der Waals surface area contributed by atoms with Crippen molar-refractivity contribution in [3.05, 3.63) is 0 Å². The van der Waals surface area contributed by atoms with Gasteiger partial charge in [0.1, 0.15) is 27.7 Å². The molecule has 16 heteroatoms. The van der Waals surface area contributed by atoms with E-state index in [2.05, 4.69) is 79.6 Å². The van der Waals surface area contributed by atoms with E-state index in [0.717, 1.165) is 0 Å². The van der Waals surface area contributed by atoms with E-state index in [0.29, 0.717) is 0 Å². The Hall–Kier alpha value is -0.290. The molecule has 0 aromatic heterocycles. The van der Waals surface area contributed by atoms with Crippen LogP contribution in [-0.4, -0.2) is 93.2 Å². The van der Waals surface area contributed by atoms with Gasteiger partial charge in [-0.2, -0.15) is 0 Å². The number of halogens is 5. The summed E-state index contributed by atoms with van der Waals surface area (Å²) in [6, 6.07) is 0. The summed E-state index contributed by atoms with van der Waals surface area (Å²) in [5, 5.41) is 11.6. The first kappa shape index (κ1) is 39.7. The van der Waals surface area contributed by atoms with Gasteiger partial charge in [-0.3, -0.25) is 24.0 Å². The van der Waals surface area contributed by atoms with Crippen molar-refractivity contribution >= 4 is 109 Å². The molecule has 1 aliphatic carbocycles. The summed E-state index contributed by atoms with van der Waals surface area (Å²) >= 11 is 16.0. The van der Waals surface area contributed by atoms with Crippen LogP contribution in [0.4, 0.5) is 0 Å². The normalized spacial score (nSPS) is 25.6. The highest BCUT2D eigenvalue weighted by molar-refractivity contribution is 9.11. The van der Waals surface area contributed by atoms with Crippen LogP contribution in [-0.2, 0) is 47.7 Å². The number of ether oxygens (including phenoxy) is 5. The van der Waals surface area contributed by atoms with Gasteiger partial charge in [0, 0.05) is 0 Å². The monoisotopic (exact) mass is 920 g/mol. The van der Waals surface area contributed by atoms with Crippen molar-refractivity contribution in [1.82, 2.24) is 0 Å². The van der Waals surface area contributed by atoms with Gasteiger partial charge in [-0.15, -0.1) is 0 Å². The molecule has 0 amide bonds.